The van der Waals surface area contributed by atoms with Crippen molar-refractivity contribution in [3.05, 3.63) is 29.6 Å². The minimum atomic E-state index is -1.17. The highest BCUT2D eigenvalue weighted by Gasteiger charge is 2.36. The van der Waals surface area contributed by atoms with E-state index >= 15 is 0 Å². The fraction of sp³-hybridized carbons (Fsp3) is 0.652. The van der Waals surface area contributed by atoms with Gasteiger partial charge in [0.2, 0.25) is 5.91 Å². The smallest absolute Gasteiger partial charge is 0.405 e. The quantitative estimate of drug-likeness (QED) is 0.623. The number of fused-ring (bicyclic) bond motifs is 1. The van der Waals surface area contributed by atoms with Crippen LogP contribution in [0.1, 0.15) is 64.9 Å². The second-order valence-electron chi connectivity index (χ2n) is 9.58. The van der Waals surface area contributed by atoms with Crippen molar-refractivity contribution in [2.75, 3.05) is 18.0 Å². The van der Waals surface area contributed by atoms with Crippen LogP contribution in [0, 0.1) is 11.7 Å². The number of carbonyl (C=O) groups excluding carboxylic acids is 1. The molecule has 1 saturated carbocycles. The lowest BCUT2D eigenvalue weighted by atomic mass is 9.84. The SMILES string of the molecule is CC(CN1CC(C)(C)c2cc(F)ccc21)NC(=O)[C@H](CC1CCCCC1)NC(=O)O. The maximum atomic E-state index is 13.7. The van der Waals surface area contributed by atoms with Crippen LogP contribution in [0.4, 0.5) is 14.9 Å². The largest absolute Gasteiger partial charge is 0.465 e. The number of halogens is 1. The second-order valence-corrected chi connectivity index (χ2v) is 9.58. The number of hydrogen-bond acceptors (Lipinski definition) is 3. The molecule has 0 aromatic heterocycles. The van der Waals surface area contributed by atoms with Crippen molar-refractivity contribution in [2.45, 2.75) is 76.8 Å². The lowest BCUT2D eigenvalue weighted by Gasteiger charge is -2.29. The standard InChI is InChI=1S/C23H34FN3O3/c1-15(13-27-14-23(2,3)18-12-17(24)9-10-20(18)27)25-21(28)19(26-22(29)30)11-16-7-5-4-6-8-16/h9-10,12,15-16,19,26H,4-8,11,13-14H2,1-3H3,(H,25,28)(H,29,30)/t15?,19-/m0/s1. The predicted molar refractivity (Wildman–Crippen MR) is 115 cm³/mol. The summed E-state index contributed by atoms with van der Waals surface area (Å²) >= 11 is 0. The number of amides is 2. The molecule has 1 unspecified atom stereocenters. The van der Waals surface area contributed by atoms with Crippen molar-refractivity contribution in [3.8, 4) is 0 Å². The third-order valence-electron chi connectivity index (χ3n) is 6.41. The van der Waals surface area contributed by atoms with Gasteiger partial charge in [0, 0.05) is 30.2 Å². The zero-order valence-corrected chi connectivity index (χ0v) is 18.2. The van der Waals surface area contributed by atoms with Gasteiger partial charge in [0.05, 0.1) is 0 Å². The third kappa shape index (κ3) is 5.43. The van der Waals surface area contributed by atoms with Crippen LogP contribution < -0.4 is 15.5 Å². The Hall–Kier alpha value is -2.31. The average molecular weight is 420 g/mol. The van der Waals surface area contributed by atoms with Crippen molar-refractivity contribution in [2.24, 2.45) is 5.92 Å². The molecule has 0 bridgehead atoms. The maximum absolute atomic E-state index is 13.7. The van der Waals surface area contributed by atoms with Crippen LogP contribution in [-0.2, 0) is 10.2 Å². The number of hydrogen-bond donors (Lipinski definition) is 3. The number of carboxylic acid groups (broad SMARTS) is 1. The molecule has 1 aliphatic heterocycles. The highest BCUT2D eigenvalue weighted by molar-refractivity contribution is 5.85. The summed E-state index contributed by atoms with van der Waals surface area (Å²) in [5, 5.41) is 14.6. The molecule has 3 rings (SSSR count). The Morgan fingerprint density at radius 1 is 1.23 bits per heavy atom. The van der Waals surface area contributed by atoms with Crippen molar-refractivity contribution in [1.29, 1.82) is 0 Å². The van der Waals surface area contributed by atoms with Gasteiger partial charge >= 0.3 is 6.09 Å². The molecule has 30 heavy (non-hydrogen) atoms. The first kappa shape index (κ1) is 22.4. The molecule has 2 amide bonds. The molecular weight excluding hydrogens is 385 g/mol. The van der Waals surface area contributed by atoms with E-state index in [1.165, 1.54) is 12.5 Å². The van der Waals surface area contributed by atoms with E-state index in [1.807, 2.05) is 6.92 Å². The zero-order valence-electron chi connectivity index (χ0n) is 18.2. The van der Waals surface area contributed by atoms with Gasteiger partial charge in [-0.3, -0.25) is 4.79 Å². The van der Waals surface area contributed by atoms with Gasteiger partial charge in [0.15, 0.2) is 0 Å². The molecule has 1 fully saturated rings. The number of nitrogens with one attached hydrogen (secondary N) is 2. The topological polar surface area (TPSA) is 81.7 Å². The Morgan fingerprint density at radius 2 is 1.93 bits per heavy atom. The van der Waals surface area contributed by atoms with Crippen LogP contribution in [0.25, 0.3) is 0 Å². The molecule has 3 N–H and O–H groups in total. The van der Waals surface area contributed by atoms with E-state index < -0.39 is 12.1 Å². The molecular formula is C23H34FN3O3. The van der Waals surface area contributed by atoms with Crippen molar-refractivity contribution in [3.63, 3.8) is 0 Å². The van der Waals surface area contributed by atoms with E-state index in [0.29, 0.717) is 18.9 Å². The fourth-order valence-corrected chi connectivity index (χ4v) is 4.99. The first-order chi connectivity index (χ1) is 14.2. The monoisotopic (exact) mass is 419 g/mol. The van der Waals surface area contributed by atoms with Gasteiger partial charge < -0.3 is 20.6 Å². The summed E-state index contributed by atoms with van der Waals surface area (Å²) in [6.07, 6.45) is 4.99. The Labute approximate surface area is 178 Å². The summed E-state index contributed by atoms with van der Waals surface area (Å²) in [5.41, 5.74) is 1.80. The molecule has 166 valence electrons. The molecule has 0 radical (unpaired) electrons. The molecule has 1 heterocycles. The normalized spacial score (nSPS) is 20.3. The summed E-state index contributed by atoms with van der Waals surface area (Å²) in [6, 6.07) is 3.95. The minimum Gasteiger partial charge on any atom is -0.465 e. The number of benzene rings is 1. The van der Waals surface area contributed by atoms with Crippen LogP contribution in [0.3, 0.4) is 0 Å². The first-order valence-electron chi connectivity index (χ1n) is 11.0. The third-order valence-corrected chi connectivity index (χ3v) is 6.41. The maximum Gasteiger partial charge on any atom is 0.405 e. The van der Waals surface area contributed by atoms with Crippen LogP contribution in [0.5, 0.6) is 0 Å². The van der Waals surface area contributed by atoms with Gasteiger partial charge in [-0.15, -0.1) is 0 Å². The molecule has 2 atom stereocenters. The van der Waals surface area contributed by atoms with Crippen LogP contribution >= 0.6 is 0 Å². The molecule has 1 aromatic carbocycles. The Morgan fingerprint density at radius 3 is 2.60 bits per heavy atom. The average Bonchev–Trinajstić information content (AvgIpc) is 2.91. The summed E-state index contributed by atoms with van der Waals surface area (Å²) < 4.78 is 13.7. The van der Waals surface area contributed by atoms with Crippen LogP contribution in [0.15, 0.2) is 18.2 Å². The Kier molecular flexibility index (Phi) is 6.88. The number of anilines is 1. The van der Waals surface area contributed by atoms with E-state index in [2.05, 4.69) is 29.4 Å². The summed E-state index contributed by atoms with van der Waals surface area (Å²) in [6.45, 7) is 7.42. The van der Waals surface area contributed by atoms with E-state index in [1.54, 1.807) is 12.1 Å². The van der Waals surface area contributed by atoms with Crippen molar-refractivity contribution >= 4 is 17.7 Å². The van der Waals surface area contributed by atoms with E-state index in [4.69, 9.17) is 0 Å². The van der Waals surface area contributed by atoms with Gasteiger partial charge in [-0.05, 0) is 43.0 Å². The summed E-state index contributed by atoms with van der Waals surface area (Å²) in [5.74, 6) is -0.124. The minimum absolute atomic E-state index is 0.171. The highest BCUT2D eigenvalue weighted by Crippen LogP contribution is 2.40. The van der Waals surface area contributed by atoms with Crippen molar-refractivity contribution in [1.82, 2.24) is 10.6 Å². The van der Waals surface area contributed by atoms with Gasteiger partial charge in [-0.2, -0.15) is 0 Å². The Bertz CT molecular complexity index is 777. The van der Waals surface area contributed by atoms with E-state index in [-0.39, 0.29) is 23.2 Å². The Balaban J connectivity index is 1.62. The number of nitrogens with zero attached hydrogens (tertiary/aromatic N) is 1. The number of rotatable bonds is 7. The lowest BCUT2D eigenvalue weighted by molar-refractivity contribution is -0.124. The fourth-order valence-electron chi connectivity index (χ4n) is 4.99. The molecule has 2 aliphatic rings. The zero-order chi connectivity index (χ0) is 21.9. The molecule has 6 nitrogen and oxygen atoms in total. The van der Waals surface area contributed by atoms with Crippen molar-refractivity contribution < 1.29 is 19.1 Å². The van der Waals surface area contributed by atoms with Gasteiger partial charge in [0.1, 0.15) is 11.9 Å². The van der Waals surface area contributed by atoms with Crippen LogP contribution in [0.2, 0.25) is 0 Å². The highest BCUT2D eigenvalue weighted by atomic mass is 19.1. The number of carbonyl (C=O) groups is 2. The molecule has 7 heteroatoms. The summed E-state index contributed by atoms with van der Waals surface area (Å²) in [4.78, 5) is 26.2. The van der Waals surface area contributed by atoms with E-state index in [9.17, 15) is 19.1 Å². The molecule has 1 aliphatic carbocycles. The lowest BCUT2D eigenvalue weighted by Crippen LogP contribution is -2.52. The molecule has 0 spiro atoms. The van der Waals surface area contributed by atoms with Gasteiger partial charge in [-0.25, -0.2) is 9.18 Å². The second kappa shape index (κ2) is 9.23. The van der Waals surface area contributed by atoms with Crippen LogP contribution in [-0.4, -0.2) is 42.3 Å². The van der Waals surface area contributed by atoms with Gasteiger partial charge in [0.25, 0.3) is 0 Å². The summed E-state index contributed by atoms with van der Waals surface area (Å²) in [7, 11) is 0. The predicted octanol–water partition coefficient (Wildman–Crippen LogP) is 4.03. The van der Waals surface area contributed by atoms with Gasteiger partial charge in [-0.1, -0.05) is 46.0 Å². The molecule has 0 saturated heterocycles. The molecule has 1 aromatic rings. The first-order valence-corrected chi connectivity index (χ1v) is 11.0. The van der Waals surface area contributed by atoms with E-state index in [0.717, 1.165) is 43.5 Å².